The Hall–Kier alpha value is -0.510. The van der Waals surface area contributed by atoms with E-state index in [1.165, 1.54) is 12.8 Å². The van der Waals surface area contributed by atoms with Gasteiger partial charge in [0.15, 0.2) is 5.16 Å². The summed E-state index contributed by atoms with van der Waals surface area (Å²) in [6.07, 6.45) is 6.39. The predicted octanol–water partition coefficient (Wildman–Crippen LogP) is 1.51. The zero-order chi connectivity index (χ0) is 7.90. The van der Waals surface area contributed by atoms with Crippen molar-refractivity contribution in [1.82, 2.24) is 14.8 Å². The number of hydrogen-bond acceptors (Lipinski definition) is 3. The highest BCUT2D eigenvalue weighted by molar-refractivity contribution is 7.98. The SMILES string of the molecule is CSc1nncn1C1(C)CC1. The molecule has 0 aliphatic heterocycles. The molecule has 1 heterocycles. The Kier molecular flexibility index (Phi) is 1.45. The largest absolute Gasteiger partial charge is 0.303 e. The summed E-state index contributed by atoms with van der Waals surface area (Å²) in [5, 5.41) is 8.94. The first-order valence-corrected chi connectivity index (χ1v) is 4.93. The van der Waals surface area contributed by atoms with Crippen LogP contribution in [-0.4, -0.2) is 21.0 Å². The number of nitrogens with zero attached hydrogens (tertiary/aromatic N) is 3. The minimum Gasteiger partial charge on any atom is -0.303 e. The fourth-order valence-corrected chi connectivity index (χ4v) is 1.75. The van der Waals surface area contributed by atoms with E-state index in [-0.39, 0.29) is 0 Å². The Labute approximate surface area is 70.2 Å². The first-order chi connectivity index (χ1) is 5.26. The average molecular weight is 169 g/mol. The van der Waals surface area contributed by atoms with Crippen LogP contribution in [0.3, 0.4) is 0 Å². The molecule has 0 bridgehead atoms. The number of thioether (sulfide) groups is 1. The van der Waals surface area contributed by atoms with Crippen molar-refractivity contribution in [2.75, 3.05) is 6.26 Å². The molecule has 0 spiro atoms. The third-order valence-electron chi connectivity index (χ3n) is 2.25. The molecule has 0 unspecified atom stereocenters. The van der Waals surface area contributed by atoms with Gasteiger partial charge in [0.2, 0.25) is 0 Å². The van der Waals surface area contributed by atoms with Crippen LogP contribution in [0, 0.1) is 0 Å². The van der Waals surface area contributed by atoms with Crippen LogP contribution >= 0.6 is 11.8 Å². The monoisotopic (exact) mass is 169 g/mol. The van der Waals surface area contributed by atoms with Gasteiger partial charge in [0.1, 0.15) is 6.33 Å². The molecule has 0 atom stereocenters. The minimum atomic E-state index is 0.335. The molecule has 0 saturated heterocycles. The molecule has 1 fully saturated rings. The Balaban J connectivity index is 2.36. The maximum Gasteiger partial charge on any atom is 0.191 e. The summed E-state index contributed by atoms with van der Waals surface area (Å²) in [5.74, 6) is 0. The lowest BCUT2D eigenvalue weighted by Crippen LogP contribution is -2.11. The summed E-state index contributed by atoms with van der Waals surface area (Å²) >= 11 is 1.66. The van der Waals surface area contributed by atoms with Crippen molar-refractivity contribution >= 4 is 11.8 Å². The second kappa shape index (κ2) is 2.24. The van der Waals surface area contributed by atoms with Crippen molar-refractivity contribution in [3.63, 3.8) is 0 Å². The van der Waals surface area contributed by atoms with Gasteiger partial charge in [-0.25, -0.2) is 0 Å². The van der Waals surface area contributed by atoms with E-state index < -0.39 is 0 Å². The topological polar surface area (TPSA) is 30.7 Å². The van der Waals surface area contributed by atoms with Crippen molar-refractivity contribution in [3.8, 4) is 0 Å². The van der Waals surface area contributed by atoms with E-state index in [2.05, 4.69) is 21.7 Å². The average Bonchev–Trinajstić information content (AvgIpc) is 2.61. The zero-order valence-corrected chi connectivity index (χ0v) is 7.56. The van der Waals surface area contributed by atoms with Crippen LogP contribution < -0.4 is 0 Å². The summed E-state index contributed by atoms with van der Waals surface area (Å²) < 4.78 is 2.18. The van der Waals surface area contributed by atoms with Crippen LogP contribution in [0.4, 0.5) is 0 Å². The van der Waals surface area contributed by atoms with Gasteiger partial charge in [0.25, 0.3) is 0 Å². The predicted molar refractivity (Wildman–Crippen MR) is 44.7 cm³/mol. The Morgan fingerprint density at radius 1 is 1.64 bits per heavy atom. The quantitative estimate of drug-likeness (QED) is 0.629. The fourth-order valence-electron chi connectivity index (χ4n) is 1.16. The summed E-state index contributed by atoms with van der Waals surface area (Å²) in [6.45, 7) is 2.25. The number of rotatable bonds is 2. The Morgan fingerprint density at radius 2 is 2.36 bits per heavy atom. The molecule has 3 nitrogen and oxygen atoms in total. The lowest BCUT2D eigenvalue weighted by atomic mass is 10.3. The zero-order valence-electron chi connectivity index (χ0n) is 6.74. The smallest absolute Gasteiger partial charge is 0.191 e. The van der Waals surface area contributed by atoms with E-state index >= 15 is 0 Å². The molecule has 2 rings (SSSR count). The van der Waals surface area contributed by atoms with Gasteiger partial charge in [-0.05, 0) is 26.0 Å². The molecule has 0 N–H and O–H groups in total. The molecule has 1 aromatic heterocycles. The third-order valence-corrected chi connectivity index (χ3v) is 2.90. The maximum absolute atomic E-state index is 4.02. The third kappa shape index (κ3) is 1.05. The van der Waals surface area contributed by atoms with Crippen LogP contribution in [0.2, 0.25) is 0 Å². The molecule has 0 amide bonds. The van der Waals surface area contributed by atoms with Gasteiger partial charge in [-0.1, -0.05) is 11.8 Å². The van der Waals surface area contributed by atoms with Gasteiger partial charge in [-0.2, -0.15) is 0 Å². The molecule has 11 heavy (non-hydrogen) atoms. The van der Waals surface area contributed by atoms with E-state index in [0.29, 0.717) is 5.54 Å². The van der Waals surface area contributed by atoms with Crippen LogP contribution in [0.25, 0.3) is 0 Å². The molecule has 4 heteroatoms. The standard InChI is InChI=1S/C7H11N3S/c1-7(3-4-7)10-5-8-9-6(10)11-2/h5H,3-4H2,1-2H3. The van der Waals surface area contributed by atoms with Gasteiger partial charge >= 0.3 is 0 Å². The molecular formula is C7H11N3S. The molecule has 1 saturated carbocycles. The number of hydrogen-bond donors (Lipinski definition) is 0. The van der Waals surface area contributed by atoms with Gasteiger partial charge in [0.05, 0.1) is 0 Å². The second-order valence-electron chi connectivity index (χ2n) is 3.18. The molecule has 0 radical (unpaired) electrons. The van der Waals surface area contributed by atoms with Crippen molar-refractivity contribution in [3.05, 3.63) is 6.33 Å². The molecule has 0 aromatic carbocycles. The molecular weight excluding hydrogens is 158 g/mol. The minimum absolute atomic E-state index is 0.335. The summed E-state index contributed by atoms with van der Waals surface area (Å²) in [5.41, 5.74) is 0.335. The lowest BCUT2D eigenvalue weighted by molar-refractivity contribution is 0.488. The second-order valence-corrected chi connectivity index (χ2v) is 3.96. The highest BCUT2D eigenvalue weighted by Crippen LogP contribution is 2.44. The van der Waals surface area contributed by atoms with E-state index in [1.807, 2.05) is 12.6 Å². The summed E-state index contributed by atoms with van der Waals surface area (Å²) in [6, 6.07) is 0. The Bertz CT molecular complexity index is 264. The molecule has 1 aliphatic rings. The van der Waals surface area contributed by atoms with E-state index in [4.69, 9.17) is 0 Å². The number of aromatic nitrogens is 3. The summed E-state index contributed by atoms with van der Waals surface area (Å²) in [7, 11) is 0. The molecule has 1 aromatic rings. The van der Waals surface area contributed by atoms with E-state index in [0.717, 1.165) is 5.16 Å². The van der Waals surface area contributed by atoms with Crippen molar-refractivity contribution in [2.45, 2.75) is 30.5 Å². The van der Waals surface area contributed by atoms with Crippen LogP contribution in [0.1, 0.15) is 19.8 Å². The van der Waals surface area contributed by atoms with Crippen LogP contribution in [0.15, 0.2) is 11.5 Å². The molecule has 60 valence electrons. The summed E-state index contributed by atoms with van der Waals surface area (Å²) in [4.78, 5) is 0. The van der Waals surface area contributed by atoms with Crippen LogP contribution in [0.5, 0.6) is 0 Å². The Morgan fingerprint density at radius 3 is 2.91 bits per heavy atom. The van der Waals surface area contributed by atoms with E-state index in [9.17, 15) is 0 Å². The maximum atomic E-state index is 4.02. The molecule has 1 aliphatic carbocycles. The van der Waals surface area contributed by atoms with Gasteiger partial charge in [0, 0.05) is 5.54 Å². The normalized spacial score (nSPS) is 20.2. The highest BCUT2D eigenvalue weighted by atomic mass is 32.2. The van der Waals surface area contributed by atoms with Gasteiger partial charge < -0.3 is 4.57 Å². The van der Waals surface area contributed by atoms with Crippen molar-refractivity contribution < 1.29 is 0 Å². The first kappa shape index (κ1) is 7.16. The fraction of sp³-hybridized carbons (Fsp3) is 0.714. The first-order valence-electron chi connectivity index (χ1n) is 3.71. The van der Waals surface area contributed by atoms with Crippen LogP contribution in [-0.2, 0) is 5.54 Å². The van der Waals surface area contributed by atoms with Crippen molar-refractivity contribution in [1.29, 1.82) is 0 Å². The van der Waals surface area contributed by atoms with Crippen molar-refractivity contribution in [2.24, 2.45) is 0 Å². The van der Waals surface area contributed by atoms with E-state index in [1.54, 1.807) is 11.8 Å². The van der Waals surface area contributed by atoms with Gasteiger partial charge in [-0.15, -0.1) is 10.2 Å². The lowest BCUT2D eigenvalue weighted by Gasteiger charge is -2.10. The van der Waals surface area contributed by atoms with Gasteiger partial charge in [-0.3, -0.25) is 0 Å². The highest BCUT2D eigenvalue weighted by Gasteiger charge is 2.40.